The van der Waals surface area contributed by atoms with Crippen LogP contribution >= 0.6 is 0 Å². The summed E-state index contributed by atoms with van der Waals surface area (Å²) in [7, 11) is 0. The van der Waals surface area contributed by atoms with Gasteiger partial charge in [0, 0.05) is 18.8 Å². The fourth-order valence-corrected chi connectivity index (χ4v) is 2.60. The maximum atomic E-state index is 5.52. The average molecular weight is 277 g/mol. The van der Waals surface area contributed by atoms with E-state index in [4.69, 9.17) is 9.72 Å². The van der Waals surface area contributed by atoms with Crippen LogP contribution in [0.4, 0.5) is 5.82 Å². The molecule has 1 fully saturated rings. The number of hydrogen-bond acceptors (Lipinski definition) is 4. The zero-order valence-corrected chi connectivity index (χ0v) is 13.0. The largest absolute Gasteiger partial charge is 0.377 e. The molecule has 0 spiro atoms. The average Bonchev–Trinajstić information content (AvgIpc) is 2.46. The number of hydrogen-bond donors (Lipinski definition) is 1. The van der Waals surface area contributed by atoms with Gasteiger partial charge in [-0.15, -0.1) is 0 Å². The molecule has 0 bridgehead atoms. The standard InChI is InChI=1S/C16H27N3O/c1-4-6-15-9-14(11-17-5-2)10-16(18-15)19-7-8-20-12-13(19)3/h9-10,13,17H,4-8,11-12H2,1-3H3. The molecule has 0 radical (unpaired) electrons. The molecule has 4 heteroatoms. The van der Waals surface area contributed by atoms with Crippen molar-refractivity contribution in [2.24, 2.45) is 0 Å². The lowest BCUT2D eigenvalue weighted by atomic mass is 10.1. The second-order valence-electron chi connectivity index (χ2n) is 5.47. The van der Waals surface area contributed by atoms with Crippen LogP contribution in [0.2, 0.25) is 0 Å². The summed E-state index contributed by atoms with van der Waals surface area (Å²) in [4.78, 5) is 7.22. The van der Waals surface area contributed by atoms with E-state index in [2.05, 4.69) is 43.1 Å². The van der Waals surface area contributed by atoms with Crippen molar-refractivity contribution in [3.05, 3.63) is 23.4 Å². The first-order valence-corrected chi connectivity index (χ1v) is 7.79. The Bertz CT molecular complexity index is 422. The zero-order valence-electron chi connectivity index (χ0n) is 13.0. The fraction of sp³-hybridized carbons (Fsp3) is 0.688. The zero-order chi connectivity index (χ0) is 14.4. The normalized spacial score (nSPS) is 19.4. The van der Waals surface area contributed by atoms with Crippen LogP contribution in [0.1, 0.15) is 38.4 Å². The highest BCUT2D eigenvalue weighted by Crippen LogP contribution is 2.20. The van der Waals surface area contributed by atoms with Gasteiger partial charge in [-0.05, 0) is 37.6 Å². The van der Waals surface area contributed by atoms with Gasteiger partial charge in [-0.2, -0.15) is 0 Å². The molecule has 0 aromatic carbocycles. The maximum Gasteiger partial charge on any atom is 0.129 e. The molecule has 2 rings (SSSR count). The fourth-order valence-electron chi connectivity index (χ4n) is 2.60. The third-order valence-electron chi connectivity index (χ3n) is 3.67. The summed E-state index contributed by atoms with van der Waals surface area (Å²) in [6.07, 6.45) is 2.18. The van der Waals surface area contributed by atoms with Crippen LogP contribution in [-0.2, 0) is 17.7 Å². The lowest BCUT2D eigenvalue weighted by Crippen LogP contribution is -2.44. The molecule has 20 heavy (non-hydrogen) atoms. The smallest absolute Gasteiger partial charge is 0.129 e. The van der Waals surface area contributed by atoms with Crippen molar-refractivity contribution in [3.8, 4) is 0 Å². The van der Waals surface area contributed by atoms with Crippen LogP contribution in [0.5, 0.6) is 0 Å². The molecule has 1 saturated heterocycles. The monoisotopic (exact) mass is 277 g/mol. The van der Waals surface area contributed by atoms with Crippen molar-refractivity contribution in [3.63, 3.8) is 0 Å². The topological polar surface area (TPSA) is 37.4 Å². The molecule has 2 heterocycles. The summed E-state index contributed by atoms with van der Waals surface area (Å²) in [5.41, 5.74) is 2.54. The van der Waals surface area contributed by atoms with Gasteiger partial charge in [-0.25, -0.2) is 4.98 Å². The van der Waals surface area contributed by atoms with Crippen molar-refractivity contribution in [1.29, 1.82) is 0 Å². The number of rotatable bonds is 6. The number of anilines is 1. The number of nitrogens with one attached hydrogen (secondary N) is 1. The van der Waals surface area contributed by atoms with E-state index in [0.29, 0.717) is 6.04 Å². The van der Waals surface area contributed by atoms with E-state index in [0.717, 1.165) is 51.5 Å². The van der Waals surface area contributed by atoms with Gasteiger partial charge >= 0.3 is 0 Å². The van der Waals surface area contributed by atoms with Crippen molar-refractivity contribution in [2.75, 3.05) is 31.2 Å². The minimum atomic E-state index is 0.403. The molecule has 1 unspecified atom stereocenters. The van der Waals surface area contributed by atoms with Gasteiger partial charge < -0.3 is 15.0 Å². The predicted octanol–water partition coefficient (Wildman–Crippen LogP) is 2.37. The summed E-state index contributed by atoms with van der Waals surface area (Å²) >= 11 is 0. The van der Waals surface area contributed by atoms with Gasteiger partial charge in [-0.1, -0.05) is 20.3 Å². The summed E-state index contributed by atoms with van der Waals surface area (Å²) < 4.78 is 5.52. The first kappa shape index (κ1) is 15.3. The molecular weight excluding hydrogens is 250 g/mol. The SMILES string of the molecule is CCCc1cc(CNCC)cc(N2CCOCC2C)n1. The maximum absolute atomic E-state index is 5.52. The molecule has 112 valence electrons. The van der Waals surface area contributed by atoms with Gasteiger partial charge in [0.1, 0.15) is 5.82 Å². The van der Waals surface area contributed by atoms with Crippen LogP contribution < -0.4 is 10.2 Å². The summed E-state index contributed by atoms with van der Waals surface area (Å²) in [5, 5.41) is 3.40. The molecule has 1 N–H and O–H groups in total. The second kappa shape index (κ2) is 7.60. The van der Waals surface area contributed by atoms with E-state index in [9.17, 15) is 0 Å². The highest BCUT2D eigenvalue weighted by molar-refractivity contribution is 5.44. The molecule has 4 nitrogen and oxygen atoms in total. The van der Waals surface area contributed by atoms with Gasteiger partial charge in [0.25, 0.3) is 0 Å². The van der Waals surface area contributed by atoms with Gasteiger partial charge in [-0.3, -0.25) is 0 Å². The Morgan fingerprint density at radius 2 is 2.25 bits per heavy atom. The predicted molar refractivity (Wildman–Crippen MR) is 83.2 cm³/mol. The van der Waals surface area contributed by atoms with E-state index in [-0.39, 0.29) is 0 Å². The van der Waals surface area contributed by atoms with E-state index in [1.54, 1.807) is 0 Å². The van der Waals surface area contributed by atoms with E-state index < -0.39 is 0 Å². The number of pyridine rings is 1. The molecule has 1 aromatic heterocycles. The number of aromatic nitrogens is 1. The third kappa shape index (κ3) is 3.93. The molecule has 1 aromatic rings. The number of ether oxygens (including phenoxy) is 1. The van der Waals surface area contributed by atoms with Crippen molar-refractivity contribution < 1.29 is 4.74 Å². The Labute approximate surface area is 122 Å². The van der Waals surface area contributed by atoms with Gasteiger partial charge in [0.15, 0.2) is 0 Å². The highest BCUT2D eigenvalue weighted by atomic mass is 16.5. The highest BCUT2D eigenvalue weighted by Gasteiger charge is 2.20. The van der Waals surface area contributed by atoms with Crippen LogP contribution in [-0.4, -0.2) is 37.3 Å². The quantitative estimate of drug-likeness (QED) is 0.866. The van der Waals surface area contributed by atoms with Crippen LogP contribution in [0, 0.1) is 0 Å². The van der Waals surface area contributed by atoms with E-state index in [1.165, 1.54) is 11.3 Å². The Morgan fingerprint density at radius 3 is 2.95 bits per heavy atom. The first-order chi connectivity index (χ1) is 9.74. The Kier molecular flexibility index (Phi) is 5.80. The van der Waals surface area contributed by atoms with Crippen LogP contribution in [0.3, 0.4) is 0 Å². The molecule has 0 saturated carbocycles. The number of morpholine rings is 1. The molecule has 0 amide bonds. The number of nitrogens with zero attached hydrogens (tertiary/aromatic N) is 2. The van der Waals surface area contributed by atoms with Crippen molar-refractivity contribution in [1.82, 2.24) is 10.3 Å². The van der Waals surface area contributed by atoms with Crippen LogP contribution in [0.15, 0.2) is 12.1 Å². The van der Waals surface area contributed by atoms with Crippen molar-refractivity contribution in [2.45, 2.75) is 46.2 Å². The Balaban J connectivity index is 2.22. The van der Waals surface area contributed by atoms with Crippen LogP contribution in [0.25, 0.3) is 0 Å². The summed E-state index contributed by atoms with van der Waals surface area (Å²) in [6, 6.07) is 4.87. The lowest BCUT2D eigenvalue weighted by Gasteiger charge is -2.34. The molecule has 1 atom stereocenters. The third-order valence-corrected chi connectivity index (χ3v) is 3.67. The van der Waals surface area contributed by atoms with Gasteiger partial charge in [0.2, 0.25) is 0 Å². The molecular formula is C16H27N3O. The summed E-state index contributed by atoms with van der Waals surface area (Å²) in [5.74, 6) is 1.11. The Morgan fingerprint density at radius 1 is 1.40 bits per heavy atom. The minimum Gasteiger partial charge on any atom is -0.377 e. The summed E-state index contributed by atoms with van der Waals surface area (Å²) in [6.45, 7) is 11.0. The molecule has 1 aliphatic rings. The Hall–Kier alpha value is -1.13. The molecule has 0 aliphatic carbocycles. The first-order valence-electron chi connectivity index (χ1n) is 7.79. The minimum absolute atomic E-state index is 0.403. The second-order valence-corrected chi connectivity index (χ2v) is 5.47. The number of aryl methyl sites for hydroxylation is 1. The van der Waals surface area contributed by atoms with Crippen molar-refractivity contribution >= 4 is 5.82 Å². The van der Waals surface area contributed by atoms with Gasteiger partial charge in [0.05, 0.1) is 19.3 Å². The van der Waals surface area contributed by atoms with E-state index in [1.807, 2.05) is 0 Å². The lowest BCUT2D eigenvalue weighted by molar-refractivity contribution is 0.0985. The van der Waals surface area contributed by atoms with E-state index >= 15 is 0 Å². The molecule has 1 aliphatic heterocycles.